The molecule has 1 unspecified atom stereocenters. The van der Waals surface area contributed by atoms with Crippen LogP contribution in [0, 0.1) is 13.8 Å². The monoisotopic (exact) mass is 269 g/mol. The molecule has 0 amide bonds. The molecule has 2 aromatic rings. The predicted molar refractivity (Wildman–Crippen MR) is 84.2 cm³/mol. The average molecular weight is 269 g/mol. The summed E-state index contributed by atoms with van der Waals surface area (Å²) in [5.74, 6) is 0.944. The standard InChI is InChI=1S/C18H23NO/c1-13-5-8-16(9-6-13)12-19-15(3)17-11-14(2)7-10-18(17)20-4/h5-11,15,19H,12H2,1-4H3. The second-order valence-electron chi connectivity index (χ2n) is 5.33. The first-order valence-electron chi connectivity index (χ1n) is 7.03. The van der Waals surface area contributed by atoms with E-state index < -0.39 is 0 Å². The van der Waals surface area contributed by atoms with E-state index >= 15 is 0 Å². The van der Waals surface area contributed by atoms with Gasteiger partial charge >= 0.3 is 0 Å². The topological polar surface area (TPSA) is 21.3 Å². The van der Waals surface area contributed by atoms with Gasteiger partial charge in [0.2, 0.25) is 0 Å². The highest BCUT2D eigenvalue weighted by Gasteiger charge is 2.11. The Balaban J connectivity index is 2.06. The molecule has 0 spiro atoms. The van der Waals surface area contributed by atoms with Crippen LogP contribution in [0.1, 0.15) is 35.2 Å². The number of hydrogen-bond acceptors (Lipinski definition) is 2. The minimum absolute atomic E-state index is 0.256. The quantitative estimate of drug-likeness (QED) is 0.880. The molecular formula is C18H23NO. The Morgan fingerprint density at radius 2 is 1.65 bits per heavy atom. The van der Waals surface area contributed by atoms with Gasteiger partial charge in [-0.3, -0.25) is 0 Å². The third-order valence-corrected chi connectivity index (χ3v) is 3.58. The molecule has 20 heavy (non-hydrogen) atoms. The fourth-order valence-electron chi connectivity index (χ4n) is 2.28. The molecule has 0 fully saturated rings. The second-order valence-corrected chi connectivity index (χ2v) is 5.33. The van der Waals surface area contributed by atoms with E-state index in [0.717, 1.165) is 12.3 Å². The van der Waals surface area contributed by atoms with Crippen molar-refractivity contribution in [3.63, 3.8) is 0 Å². The summed E-state index contributed by atoms with van der Waals surface area (Å²) < 4.78 is 5.45. The van der Waals surface area contributed by atoms with E-state index in [0.29, 0.717) is 0 Å². The Hall–Kier alpha value is -1.80. The van der Waals surface area contributed by atoms with Crippen LogP contribution in [-0.4, -0.2) is 7.11 Å². The van der Waals surface area contributed by atoms with Crippen molar-refractivity contribution in [2.45, 2.75) is 33.4 Å². The Bertz CT molecular complexity index is 560. The smallest absolute Gasteiger partial charge is 0.123 e. The lowest BCUT2D eigenvalue weighted by Crippen LogP contribution is -2.18. The van der Waals surface area contributed by atoms with Crippen LogP contribution in [0.2, 0.25) is 0 Å². The Morgan fingerprint density at radius 1 is 1.00 bits per heavy atom. The van der Waals surface area contributed by atoms with Crippen LogP contribution in [0.15, 0.2) is 42.5 Å². The van der Waals surface area contributed by atoms with Crippen LogP contribution in [-0.2, 0) is 6.54 Å². The van der Waals surface area contributed by atoms with E-state index in [-0.39, 0.29) is 6.04 Å². The molecular weight excluding hydrogens is 246 g/mol. The minimum atomic E-state index is 0.256. The minimum Gasteiger partial charge on any atom is -0.496 e. The Morgan fingerprint density at radius 3 is 2.30 bits per heavy atom. The first-order valence-corrected chi connectivity index (χ1v) is 7.03. The van der Waals surface area contributed by atoms with Crippen LogP contribution < -0.4 is 10.1 Å². The van der Waals surface area contributed by atoms with Crippen LogP contribution in [0.3, 0.4) is 0 Å². The molecule has 0 radical (unpaired) electrons. The van der Waals surface area contributed by atoms with Gasteiger partial charge in [-0.2, -0.15) is 0 Å². The zero-order chi connectivity index (χ0) is 14.5. The fourth-order valence-corrected chi connectivity index (χ4v) is 2.28. The molecule has 0 bridgehead atoms. The van der Waals surface area contributed by atoms with Gasteiger partial charge in [0.05, 0.1) is 7.11 Å². The number of benzene rings is 2. The summed E-state index contributed by atoms with van der Waals surface area (Å²) >= 11 is 0. The van der Waals surface area contributed by atoms with Gasteiger partial charge in [0.1, 0.15) is 5.75 Å². The highest BCUT2D eigenvalue weighted by Crippen LogP contribution is 2.26. The summed E-state index contributed by atoms with van der Waals surface area (Å²) in [6.45, 7) is 7.25. The van der Waals surface area contributed by atoms with Crippen molar-refractivity contribution in [2.24, 2.45) is 0 Å². The molecule has 0 saturated carbocycles. The third-order valence-electron chi connectivity index (χ3n) is 3.58. The summed E-state index contributed by atoms with van der Waals surface area (Å²) in [5, 5.41) is 3.56. The van der Waals surface area contributed by atoms with Crippen LogP contribution in [0.4, 0.5) is 0 Å². The molecule has 0 aliphatic heterocycles. The van der Waals surface area contributed by atoms with Crippen molar-refractivity contribution in [2.75, 3.05) is 7.11 Å². The molecule has 0 aliphatic carbocycles. The number of rotatable bonds is 5. The Labute approximate surface area is 121 Å². The van der Waals surface area contributed by atoms with Crippen molar-refractivity contribution >= 4 is 0 Å². The molecule has 0 saturated heterocycles. The van der Waals surface area contributed by atoms with E-state index in [1.165, 1.54) is 22.3 Å². The van der Waals surface area contributed by atoms with Crippen LogP contribution in [0.25, 0.3) is 0 Å². The number of nitrogens with one attached hydrogen (secondary N) is 1. The van der Waals surface area contributed by atoms with Gasteiger partial charge in [0.15, 0.2) is 0 Å². The molecule has 0 aromatic heterocycles. The molecule has 2 heteroatoms. The Kier molecular flexibility index (Phi) is 4.80. The molecule has 2 aromatic carbocycles. The molecule has 0 aliphatic rings. The lowest BCUT2D eigenvalue weighted by Gasteiger charge is -2.18. The highest BCUT2D eigenvalue weighted by molar-refractivity contribution is 5.39. The average Bonchev–Trinajstić information content (AvgIpc) is 2.46. The van der Waals surface area contributed by atoms with Gasteiger partial charge in [-0.1, -0.05) is 47.5 Å². The van der Waals surface area contributed by atoms with E-state index in [4.69, 9.17) is 4.74 Å². The zero-order valence-electron chi connectivity index (χ0n) is 12.7. The maximum Gasteiger partial charge on any atom is 0.123 e. The van der Waals surface area contributed by atoms with Crippen molar-refractivity contribution in [3.05, 3.63) is 64.7 Å². The fraction of sp³-hybridized carbons (Fsp3) is 0.333. The summed E-state index contributed by atoms with van der Waals surface area (Å²) in [7, 11) is 1.72. The van der Waals surface area contributed by atoms with Gasteiger partial charge in [0.25, 0.3) is 0 Å². The lowest BCUT2D eigenvalue weighted by atomic mass is 10.0. The van der Waals surface area contributed by atoms with Gasteiger partial charge in [-0.15, -0.1) is 0 Å². The number of ether oxygens (including phenoxy) is 1. The predicted octanol–water partition coefficient (Wildman–Crippen LogP) is 4.16. The van der Waals surface area contributed by atoms with Crippen molar-refractivity contribution < 1.29 is 4.74 Å². The zero-order valence-corrected chi connectivity index (χ0v) is 12.7. The first kappa shape index (κ1) is 14.6. The maximum atomic E-state index is 5.45. The van der Waals surface area contributed by atoms with E-state index in [2.05, 4.69) is 62.5 Å². The van der Waals surface area contributed by atoms with Gasteiger partial charge in [-0.25, -0.2) is 0 Å². The lowest BCUT2D eigenvalue weighted by molar-refractivity contribution is 0.401. The maximum absolute atomic E-state index is 5.45. The molecule has 106 valence electrons. The summed E-state index contributed by atoms with van der Waals surface area (Å²) in [6, 6.07) is 15.2. The number of hydrogen-bond donors (Lipinski definition) is 1. The second kappa shape index (κ2) is 6.58. The van der Waals surface area contributed by atoms with E-state index in [1.54, 1.807) is 7.11 Å². The van der Waals surface area contributed by atoms with Crippen LogP contribution >= 0.6 is 0 Å². The molecule has 2 rings (SSSR count). The summed E-state index contributed by atoms with van der Waals surface area (Å²) in [6.07, 6.45) is 0. The van der Waals surface area contributed by atoms with E-state index in [1.807, 2.05) is 6.07 Å². The van der Waals surface area contributed by atoms with Crippen molar-refractivity contribution in [1.82, 2.24) is 5.32 Å². The first-order chi connectivity index (χ1) is 9.60. The van der Waals surface area contributed by atoms with Gasteiger partial charge in [0, 0.05) is 18.2 Å². The highest BCUT2D eigenvalue weighted by atomic mass is 16.5. The molecule has 1 N–H and O–H groups in total. The number of aryl methyl sites for hydroxylation is 2. The normalized spacial score (nSPS) is 12.2. The SMILES string of the molecule is COc1ccc(C)cc1C(C)NCc1ccc(C)cc1. The third kappa shape index (κ3) is 3.61. The van der Waals surface area contributed by atoms with Crippen molar-refractivity contribution in [3.8, 4) is 5.75 Å². The molecule has 2 nitrogen and oxygen atoms in total. The number of methoxy groups -OCH3 is 1. The largest absolute Gasteiger partial charge is 0.496 e. The summed E-state index contributed by atoms with van der Waals surface area (Å²) in [5.41, 5.74) is 5.06. The van der Waals surface area contributed by atoms with Crippen molar-refractivity contribution in [1.29, 1.82) is 0 Å². The van der Waals surface area contributed by atoms with E-state index in [9.17, 15) is 0 Å². The summed E-state index contributed by atoms with van der Waals surface area (Å²) in [4.78, 5) is 0. The van der Waals surface area contributed by atoms with Gasteiger partial charge < -0.3 is 10.1 Å². The van der Waals surface area contributed by atoms with Crippen LogP contribution in [0.5, 0.6) is 5.75 Å². The molecule has 0 heterocycles. The van der Waals surface area contributed by atoms with Gasteiger partial charge in [-0.05, 0) is 32.4 Å². The molecule has 1 atom stereocenters.